The highest BCUT2D eigenvalue weighted by molar-refractivity contribution is 7.14. The van der Waals surface area contributed by atoms with Crippen LogP contribution >= 0.6 is 34.5 Å². The summed E-state index contributed by atoms with van der Waals surface area (Å²) in [6.07, 6.45) is 4.67. The monoisotopic (exact) mass is 353 g/mol. The van der Waals surface area contributed by atoms with Gasteiger partial charge in [-0.2, -0.15) is 0 Å². The van der Waals surface area contributed by atoms with Gasteiger partial charge >= 0.3 is 0 Å². The maximum absolute atomic E-state index is 12.6. The number of carbonyl (C=O) groups excluding carboxylic acids is 1. The standard InChI is InChI=1S/C17H17Cl2NOS/c1-20(10-12-6-4-7-13(18)16(12)19)17(21)15-9-11-5-2-3-8-14(11)22-15/h4,6-7,9H,2-3,5,8,10H2,1H3. The molecule has 0 fully saturated rings. The molecule has 0 radical (unpaired) electrons. The molecule has 2 aromatic rings. The Balaban J connectivity index is 1.77. The molecule has 0 atom stereocenters. The lowest BCUT2D eigenvalue weighted by Gasteiger charge is -2.17. The van der Waals surface area contributed by atoms with Gasteiger partial charge in [-0.25, -0.2) is 0 Å². The summed E-state index contributed by atoms with van der Waals surface area (Å²) < 4.78 is 0. The third kappa shape index (κ3) is 3.17. The lowest BCUT2D eigenvalue weighted by molar-refractivity contribution is 0.0790. The van der Waals surface area contributed by atoms with Crippen LogP contribution in [-0.4, -0.2) is 17.9 Å². The second-order valence-electron chi connectivity index (χ2n) is 5.64. The highest BCUT2D eigenvalue weighted by atomic mass is 35.5. The zero-order valence-corrected chi connectivity index (χ0v) is 14.7. The molecule has 0 bridgehead atoms. The number of halogens is 2. The number of rotatable bonds is 3. The van der Waals surface area contributed by atoms with Crippen LogP contribution in [0.4, 0.5) is 0 Å². The van der Waals surface area contributed by atoms with E-state index in [4.69, 9.17) is 23.2 Å². The third-order valence-corrected chi connectivity index (χ3v) is 6.08. The van der Waals surface area contributed by atoms with Gasteiger partial charge in [0.05, 0.1) is 14.9 Å². The Hall–Kier alpha value is -1.03. The Labute approximate surface area is 144 Å². The number of fused-ring (bicyclic) bond motifs is 1. The van der Waals surface area contributed by atoms with Crippen LogP contribution in [0, 0.1) is 0 Å². The summed E-state index contributed by atoms with van der Waals surface area (Å²) in [5.74, 6) is 0.0513. The molecule has 1 aromatic carbocycles. The molecule has 2 nitrogen and oxygen atoms in total. The average Bonchev–Trinajstić information content (AvgIpc) is 2.95. The fourth-order valence-corrected chi connectivity index (χ4v) is 4.41. The van der Waals surface area contributed by atoms with Crippen LogP contribution in [0.1, 0.15) is 38.5 Å². The van der Waals surface area contributed by atoms with E-state index in [2.05, 4.69) is 6.07 Å². The van der Waals surface area contributed by atoms with Crippen LogP contribution in [0.5, 0.6) is 0 Å². The fourth-order valence-electron chi connectivity index (χ4n) is 2.78. The zero-order valence-electron chi connectivity index (χ0n) is 12.4. The van der Waals surface area contributed by atoms with Crippen molar-refractivity contribution < 1.29 is 4.79 Å². The molecule has 0 spiro atoms. The van der Waals surface area contributed by atoms with Crippen molar-refractivity contribution in [2.75, 3.05) is 7.05 Å². The maximum Gasteiger partial charge on any atom is 0.263 e. The van der Waals surface area contributed by atoms with E-state index in [1.54, 1.807) is 29.4 Å². The molecule has 22 heavy (non-hydrogen) atoms. The van der Waals surface area contributed by atoms with Gasteiger partial charge in [0.1, 0.15) is 0 Å². The van der Waals surface area contributed by atoms with E-state index in [0.29, 0.717) is 16.6 Å². The van der Waals surface area contributed by atoms with Crippen molar-refractivity contribution in [2.45, 2.75) is 32.2 Å². The first-order chi connectivity index (χ1) is 10.6. The van der Waals surface area contributed by atoms with Crippen LogP contribution in [0.2, 0.25) is 10.0 Å². The van der Waals surface area contributed by atoms with E-state index in [0.717, 1.165) is 23.3 Å². The molecule has 1 aliphatic rings. The van der Waals surface area contributed by atoms with Crippen molar-refractivity contribution in [2.24, 2.45) is 0 Å². The predicted molar refractivity (Wildman–Crippen MR) is 93.2 cm³/mol. The molecular weight excluding hydrogens is 337 g/mol. The molecule has 5 heteroatoms. The van der Waals surface area contributed by atoms with Gasteiger partial charge in [-0.1, -0.05) is 35.3 Å². The minimum Gasteiger partial charge on any atom is -0.337 e. The van der Waals surface area contributed by atoms with Gasteiger partial charge in [0.15, 0.2) is 0 Å². The SMILES string of the molecule is CN(Cc1cccc(Cl)c1Cl)C(=O)c1cc2c(s1)CCCC2. The summed E-state index contributed by atoms with van der Waals surface area (Å²) in [5.41, 5.74) is 2.22. The van der Waals surface area contributed by atoms with Crippen molar-refractivity contribution >= 4 is 40.4 Å². The highest BCUT2D eigenvalue weighted by Gasteiger charge is 2.20. The molecule has 0 aliphatic heterocycles. The van der Waals surface area contributed by atoms with E-state index in [1.165, 1.54) is 23.3 Å². The number of benzene rings is 1. The van der Waals surface area contributed by atoms with Crippen LogP contribution in [0.25, 0.3) is 0 Å². The smallest absolute Gasteiger partial charge is 0.263 e. The van der Waals surface area contributed by atoms with Crippen molar-refractivity contribution in [3.8, 4) is 0 Å². The third-order valence-electron chi connectivity index (χ3n) is 3.99. The Morgan fingerprint density at radius 3 is 2.82 bits per heavy atom. The number of nitrogens with zero attached hydrogens (tertiary/aromatic N) is 1. The van der Waals surface area contributed by atoms with Crippen molar-refractivity contribution in [3.63, 3.8) is 0 Å². The highest BCUT2D eigenvalue weighted by Crippen LogP contribution is 2.31. The number of aryl methyl sites for hydroxylation is 2. The van der Waals surface area contributed by atoms with Gasteiger partial charge in [-0.05, 0) is 48.9 Å². The molecule has 0 unspecified atom stereocenters. The predicted octanol–water partition coefficient (Wildman–Crippen LogP) is 5.21. The molecule has 116 valence electrons. The van der Waals surface area contributed by atoms with Gasteiger partial charge in [0, 0.05) is 18.5 Å². The number of thiophene rings is 1. The summed E-state index contributed by atoms with van der Waals surface area (Å²) in [5, 5.41) is 1.04. The molecule has 3 rings (SSSR count). The largest absolute Gasteiger partial charge is 0.337 e. The minimum atomic E-state index is 0.0513. The molecule has 1 aromatic heterocycles. The quantitative estimate of drug-likeness (QED) is 0.741. The summed E-state index contributed by atoms with van der Waals surface area (Å²) in [7, 11) is 1.80. The summed E-state index contributed by atoms with van der Waals surface area (Å²) in [6.45, 7) is 0.459. The maximum atomic E-state index is 12.6. The zero-order chi connectivity index (χ0) is 15.7. The number of hydrogen-bond acceptors (Lipinski definition) is 2. The second-order valence-corrected chi connectivity index (χ2v) is 7.56. The Kier molecular flexibility index (Phi) is 4.76. The van der Waals surface area contributed by atoms with Gasteiger partial charge in [-0.15, -0.1) is 11.3 Å². The van der Waals surface area contributed by atoms with Crippen molar-refractivity contribution in [3.05, 3.63) is 55.2 Å². The number of carbonyl (C=O) groups is 1. The molecule has 1 amide bonds. The summed E-state index contributed by atoms with van der Waals surface area (Å²) in [4.78, 5) is 16.5. The van der Waals surface area contributed by atoms with Gasteiger partial charge in [-0.3, -0.25) is 4.79 Å². The second kappa shape index (κ2) is 6.61. The Bertz CT molecular complexity index is 687. The van der Waals surface area contributed by atoms with E-state index in [9.17, 15) is 4.79 Å². The lowest BCUT2D eigenvalue weighted by atomic mass is 9.99. The minimum absolute atomic E-state index is 0.0513. The van der Waals surface area contributed by atoms with E-state index in [1.807, 2.05) is 12.1 Å². The van der Waals surface area contributed by atoms with Crippen LogP contribution in [-0.2, 0) is 19.4 Å². The van der Waals surface area contributed by atoms with E-state index < -0.39 is 0 Å². The summed E-state index contributed by atoms with van der Waals surface area (Å²) >= 11 is 13.9. The normalized spacial score (nSPS) is 13.8. The molecule has 1 aliphatic carbocycles. The van der Waals surface area contributed by atoms with E-state index >= 15 is 0 Å². The van der Waals surface area contributed by atoms with Gasteiger partial charge < -0.3 is 4.90 Å². The number of hydrogen-bond donors (Lipinski definition) is 0. The first-order valence-corrected chi connectivity index (χ1v) is 8.93. The Morgan fingerprint density at radius 1 is 1.27 bits per heavy atom. The first kappa shape index (κ1) is 15.9. The first-order valence-electron chi connectivity index (χ1n) is 7.36. The fraction of sp³-hybridized carbons (Fsp3) is 0.353. The van der Waals surface area contributed by atoms with Gasteiger partial charge in [0.25, 0.3) is 5.91 Å². The van der Waals surface area contributed by atoms with E-state index in [-0.39, 0.29) is 5.91 Å². The Morgan fingerprint density at radius 2 is 2.05 bits per heavy atom. The molecule has 1 heterocycles. The topological polar surface area (TPSA) is 20.3 Å². The van der Waals surface area contributed by atoms with Gasteiger partial charge in [0.2, 0.25) is 0 Å². The van der Waals surface area contributed by atoms with Crippen LogP contribution < -0.4 is 0 Å². The average molecular weight is 354 g/mol. The van der Waals surface area contributed by atoms with Crippen LogP contribution in [0.15, 0.2) is 24.3 Å². The van der Waals surface area contributed by atoms with Crippen molar-refractivity contribution in [1.82, 2.24) is 4.90 Å². The lowest BCUT2D eigenvalue weighted by Crippen LogP contribution is -2.25. The molecule has 0 N–H and O–H groups in total. The molecular formula is C17H17Cl2NOS. The summed E-state index contributed by atoms with van der Waals surface area (Å²) in [6, 6.07) is 7.57. The number of amides is 1. The molecule has 0 saturated heterocycles. The van der Waals surface area contributed by atoms with Crippen LogP contribution in [0.3, 0.4) is 0 Å². The van der Waals surface area contributed by atoms with Crippen molar-refractivity contribution in [1.29, 1.82) is 0 Å². The molecule has 0 saturated carbocycles.